The lowest BCUT2D eigenvalue weighted by Gasteiger charge is -2.30. The highest BCUT2D eigenvalue weighted by molar-refractivity contribution is 4.77. The quantitative estimate of drug-likeness (QED) is 0.739. The SMILES string of the molecule is CC(C)N(CCC(C)(O)CN)CC(F)(F)F. The van der Waals surface area contributed by atoms with Crippen molar-refractivity contribution < 1.29 is 18.3 Å². The van der Waals surface area contributed by atoms with Gasteiger partial charge >= 0.3 is 6.18 Å². The van der Waals surface area contributed by atoms with Crippen LogP contribution in [-0.2, 0) is 0 Å². The predicted octanol–water partition coefficient (Wildman–Crippen LogP) is 1.36. The molecule has 0 rings (SSSR count). The van der Waals surface area contributed by atoms with Gasteiger partial charge in [-0.3, -0.25) is 4.90 Å². The summed E-state index contributed by atoms with van der Waals surface area (Å²) in [5.41, 5.74) is 4.21. The van der Waals surface area contributed by atoms with Gasteiger partial charge in [-0.1, -0.05) is 0 Å². The summed E-state index contributed by atoms with van der Waals surface area (Å²) in [5, 5.41) is 9.62. The number of hydrogen-bond donors (Lipinski definition) is 2. The zero-order valence-corrected chi connectivity index (χ0v) is 10.0. The van der Waals surface area contributed by atoms with Crippen LogP contribution in [-0.4, -0.2) is 47.5 Å². The van der Waals surface area contributed by atoms with Crippen molar-refractivity contribution in [2.45, 2.75) is 45.0 Å². The van der Waals surface area contributed by atoms with Crippen LogP contribution >= 0.6 is 0 Å². The fourth-order valence-electron chi connectivity index (χ4n) is 1.24. The average Bonchev–Trinajstić information content (AvgIpc) is 2.10. The van der Waals surface area contributed by atoms with E-state index in [2.05, 4.69) is 0 Å². The first kappa shape index (κ1) is 15.7. The van der Waals surface area contributed by atoms with E-state index in [0.29, 0.717) is 0 Å². The monoisotopic (exact) mass is 242 g/mol. The van der Waals surface area contributed by atoms with Gasteiger partial charge in [-0.15, -0.1) is 0 Å². The van der Waals surface area contributed by atoms with Gasteiger partial charge < -0.3 is 10.8 Å². The summed E-state index contributed by atoms with van der Waals surface area (Å²) in [6.45, 7) is 4.20. The van der Waals surface area contributed by atoms with Crippen LogP contribution in [0.4, 0.5) is 13.2 Å². The van der Waals surface area contributed by atoms with Crippen LogP contribution in [0.5, 0.6) is 0 Å². The van der Waals surface area contributed by atoms with Crippen molar-refractivity contribution in [2.24, 2.45) is 5.73 Å². The second-order valence-corrected chi connectivity index (χ2v) is 4.63. The van der Waals surface area contributed by atoms with Gasteiger partial charge in [0.05, 0.1) is 12.1 Å². The molecule has 0 radical (unpaired) electrons. The first-order valence-corrected chi connectivity index (χ1v) is 5.30. The summed E-state index contributed by atoms with van der Waals surface area (Å²) in [6, 6.07) is -0.213. The summed E-state index contributed by atoms with van der Waals surface area (Å²) in [7, 11) is 0. The van der Waals surface area contributed by atoms with E-state index < -0.39 is 18.3 Å². The van der Waals surface area contributed by atoms with Crippen molar-refractivity contribution in [2.75, 3.05) is 19.6 Å². The van der Waals surface area contributed by atoms with Crippen LogP contribution in [0.25, 0.3) is 0 Å². The Bertz CT molecular complexity index is 205. The van der Waals surface area contributed by atoms with Gasteiger partial charge in [0.1, 0.15) is 0 Å². The van der Waals surface area contributed by atoms with Gasteiger partial charge in [0.2, 0.25) is 0 Å². The fourth-order valence-corrected chi connectivity index (χ4v) is 1.24. The van der Waals surface area contributed by atoms with Gasteiger partial charge in [-0.2, -0.15) is 13.2 Å². The third-order valence-corrected chi connectivity index (χ3v) is 2.49. The van der Waals surface area contributed by atoms with E-state index in [0.717, 1.165) is 0 Å². The van der Waals surface area contributed by atoms with E-state index in [9.17, 15) is 18.3 Å². The second-order valence-electron chi connectivity index (χ2n) is 4.63. The van der Waals surface area contributed by atoms with Crippen LogP contribution in [0.15, 0.2) is 0 Å². The zero-order chi connectivity index (χ0) is 13.0. The Morgan fingerprint density at radius 3 is 2.12 bits per heavy atom. The van der Waals surface area contributed by atoms with Crippen LogP contribution in [0.3, 0.4) is 0 Å². The molecule has 0 saturated carbocycles. The number of rotatable bonds is 6. The van der Waals surface area contributed by atoms with Crippen LogP contribution in [0.1, 0.15) is 27.2 Å². The molecule has 0 aromatic heterocycles. The minimum atomic E-state index is -4.21. The average molecular weight is 242 g/mol. The Labute approximate surface area is 94.4 Å². The summed E-state index contributed by atoms with van der Waals surface area (Å²) in [6.07, 6.45) is -3.98. The van der Waals surface area contributed by atoms with Crippen molar-refractivity contribution in [3.8, 4) is 0 Å². The number of hydrogen-bond acceptors (Lipinski definition) is 3. The Hall–Kier alpha value is -0.330. The lowest BCUT2D eigenvalue weighted by Crippen LogP contribution is -2.44. The van der Waals surface area contributed by atoms with Gasteiger partial charge in [-0.05, 0) is 27.2 Å². The molecular formula is C10H21F3N2O. The third kappa shape index (κ3) is 7.03. The van der Waals surface area contributed by atoms with Gasteiger partial charge in [0.15, 0.2) is 0 Å². The van der Waals surface area contributed by atoms with E-state index in [1.807, 2.05) is 0 Å². The molecule has 16 heavy (non-hydrogen) atoms. The van der Waals surface area contributed by atoms with Crippen LogP contribution < -0.4 is 5.73 Å². The normalized spacial score (nSPS) is 16.9. The third-order valence-electron chi connectivity index (χ3n) is 2.49. The Balaban J connectivity index is 4.26. The zero-order valence-electron chi connectivity index (χ0n) is 10.0. The minimum Gasteiger partial charge on any atom is -0.389 e. The summed E-state index contributed by atoms with van der Waals surface area (Å²) < 4.78 is 36.7. The predicted molar refractivity (Wildman–Crippen MR) is 57.1 cm³/mol. The molecule has 0 amide bonds. The van der Waals surface area contributed by atoms with Crippen molar-refractivity contribution in [3.05, 3.63) is 0 Å². The van der Waals surface area contributed by atoms with Gasteiger partial charge in [0.25, 0.3) is 0 Å². The molecule has 0 bridgehead atoms. The van der Waals surface area contributed by atoms with Gasteiger partial charge in [-0.25, -0.2) is 0 Å². The second kappa shape index (κ2) is 5.84. The van der Waals surface area contributed by atoms with Crippen molar-refractivity contribution in [3.63, 3.8) is 0 Å². The van der Waals surface area contributed by atoms with Gasteiger partial charge in [0, 0.05) is 19.1 Å². The Morgan fingerprint density at radius 2 is 1.81 bits per heavy atom. The van der Waals surface area contributed by atoms with E-state index in [1.165, 1.54) is 11.8 Å². The van der Waals surface area contributed by atoms with Crippen LogP contribution in [0, 0.1) is 0 Å². The largest absolute Gasteiger partial charge is 0.401 e. The molecule has 0 aliphatic carbocycles. The van der Waals surface area contributed by atoms with E-state index in [4.69, 9.17) is 5.73 Å². The Kier molecular flexibility index (Phi) is 5.72. The van der Waals surface area contributed by atoms with Crippen molar-refractivity contribution in [1.29, 1.82) is 0 Å². The highest BCUT2D eigenvalue weighted by Gasteiger charge is 2.32. The molecule has 0 aliphatic heterocycles. The summed E-state index contributed by atoms with van der Waals surface area (Å²) >= 11 is 0. The maximum Gasteiger partial charge on any atom is 0.401 e. The molecule has 98 valence electrons. The van der Waals surface area contributed by atoms with Crippen molar-refractivity contribution >= 4 is 0 Å². The minimum absolute atomic E-state index is 0.0466. The molecule has 1 unspecified atom stereocenters. The molecule has 3 nitrogen and oxygen atoms in total. The molecule has 0 spiro atoms. The first-order valence-electron chi connectivity index (χ1n) is 5.30. The molecule has 6 heteroatoms. The van der Waals surface area contributed by atoms with E-state index in [1.54, 1.807) is 13.8 Å². The number of nitrogens with two attached hydrogens (primary N) is 1. The van der Waals surface area contributed by atoms with E-state index >= 15 is 0 Å². The number of alkyl halides is 3. The first-order chi connectivity index (χ1) is 7.07. The number of nitrogens with zero attached hydrogens (tertiary/aromatic N) is 1. The molecule has 0 fully saturated rings. The molecule has 3 N–H and O–H groups in total. The molecule has 0 aromatic rings. The molecule has 0 aromatic carbocycles. The lowest BCUT2D eigenvalue weighted by atomic mass is 10.0. The van der Waals surface area contributed by atoms with E-state index in [-0.39, 0.29) is 25.6 Å². The van der Waals surface area contributed by atoms with Crippen molar-refractivity contribution in [1.82, 2.24) is 4.90 Å². The highest BCUT2D eigenvalue weighted by atomic mass is 19.4. The molecule has 1 atom stereocenters. The molecule has 0 heterocycles. The standard InChI is InChI=1S/C10H21F3N2O/c1-8(2)15(7-10(11,12)13)5-4-9(3,16)6-14/h8,16H,4-7,14H2,1-3H3. The smallest absolute Gasteiger partial charge is 0.389 e. The molecule has 0 aliphatic rings. The lowest BCUT2D eigenvalue weighted by molar-refractivity contribution is -0.151. The summed E-state index contributed by atoms with van der Waals surface area (Å²) in [5.74, 6) is 0. The number of aliphatic hydroxyl groups is 1. The summed E-state index contributed by atoms with van der Waals surface area (Å²) in [4.78, 5) is 1.28. The van der Waals surface area contributed by atoms with Crippen LogP contribution in [0.2, 0.25) is 0 Å². The maximum atomic E-state index is 12.2. The molecular weight excluding hydrogens is 221 g/mol. The topological polar surface area (TPSA) is 49.5 Å². The maximum absolute atomic E-state index is 12.2. The molecule has 0 saturated heterocycles. The fraction of sp³-hybridized carbons (Fsp3) is 1.00. The Morgan fingerprint density at radius 1 is 1.31 bits per heavy atom. The number of halogens is 3. The highest BCUT2D eigenvalue weighted by Crippen LogP contribution is 2.19.